The van der Waals surface area contributed by atoms with Gasteiger partial charge in [-0.15, -0.1) is 5.10 Å². The molecule has 0 radical (unpaired) electrons. The van der Waals surface area contributed by atoms with Gasteiger partial charge in [0.05, 0.1) is 17.8 Å². The monoisotopic (exact) mass is 452 g/mol. The van der Waals surface area contributed by atoms with Crippen molar-refractivity contribution in [3.05, 3.63) is 52.3 Å². The van der Waals surface area contributed by atoms with E-state index in [1.54, 1.807) is 17.7 Å². The Labute approximate surface area is 186 Å². The number of halogens is 2. The van der Waals surface area contributed by atoms with E-state index >= 15 is 0 Å². The van der Waals surface area contributed by atoms with Crippen molar-refractivity contribution in [1.29, 1.82) is 5.26 Å². The minimum absolute atomic E-state index is 0.0317. The van der Waals surface area contributed by atoms with Crippen molar-refractivity contribution in [3.63, 3.8) is 0 Å². The van der Waals surface area contributed by atoms with E-state index in [-0.39, 0.29) is 17.5 Å². The average molecular weight is 452 g/mol. The summed E-state index contributed by atoms with van der Waals surface area (Å²) < 4.78 is 28.7. The van der Waals surface area contributed by atoms with Crippen molar-refractivity contribution in [1.82, 2.24) is 29.7 Å². The number of anilines is 1. The van der Waals surface area contributed by atoms with Crippen molar-refractivity contribution in [3.8, 4) is 11.2 Å². The number of thiazole rings is 1. The summed E-state index contributed by atoms with van der Waals surface area (Å²) in [6, 6.07) is 4.72. The molecule has 0 spiro atoms. The molecule has 3 heterocycles. The second-order valence-electron chi connectivity index (χ2n) is 7.72. The number of alkyl halides is 2. The van der Waals surface area contributed by atoms with Gasteiger partial charge in [-0.25, -0.2) is 28.7 Å². The molecular formula is C21H18F2N8S. The fourth-order valence-corrected chi connectivity index (χ4v) is 4.38. The maximum absolute atomic E-state index is 13.6. The second kappa shape index (κ2) is 7.87. The fraction of sp³-hybridized carbons (Fsp3) is 0.333. The average Bonchev–Trinajstić information content (AvgIpc) is 3.38. The third-order valence-corrected chi connectivity index (χ3v) is 6.20. The third kappa shape index (κ3) is 3.67. The number of aromatic nitrogens is 6. The van der Waals surface area contributed by atoms with Crippen LogP contribution in [0.15, 0.2) is 24.7 Å². The van der Waals surface area contributed by atoms with Gasteiger partial charge in [-0.1, -0.05) is 11.3 Å². The summed E-state index contributed by atoms with van der Waals surface area (Å²) in [4.78, 5) is 18.0. The predicted molar refractivity (Wildman–Crippen MR) is 115 cm³/mol. The molecule has 162 valence electrons. The highest BCUT2D eigenvalue weighted by Crippen LogP contribution is 2.44. The van der Waals surface area contributed by atoms with Crippen LogP contribution in [-0.4, -0.2) is 29.7 Å². The van der Waals surface area contributed by atoms with Crippen LogP contribution in [0.1, 0.15) is 65.8 Å². The number of hydrogen-bond donors (Lipinski definition) is 1. The highest BCUT2D eigenvalue weighted by atomic mass is 32.1. The molecule has 1 saturated carbocycles. The van der Waals surface area contributed by atoms with Gasteiger partial charge in [0.15, 0.2) is 5.82 Å². The topological polar surface area (TPSA) is 105 Å². The van der Waals surface area contributed by atoms with Gasteiger partial charge in [-0.2, -0.15) is 9.94 Å². The summed E-state index contributed by atoms with van der Waals surface area (Å²) >= 11 is 1.21. The predicted octanol–water partition coefficient (Wildman–Crippen LogP) is 4.84. The first-order valence-corrected chi connectivity index (χ1v) is 10.9. The summed E-state index contributed by atoms with van der Waals surface area (Å²) in [6.07, 6.45) is 2.31. The van der Waals surface area contributed by atoms with E-state index in [4.69, 9.17) is 5.26 Å². The van der Waals surface area contributed by atoms with Crippen molar-refractivity contribution >= 4 is 28.1 Å². The van der Waals surface area contributed by atoms with Gasteiger partial charge in [0.25, 0.3) is 6.43 Å². The maximum Gasteiger partial charge on any atom is 0.263 e. The molecule has 5 rings (SSSR count). The molecule has 0 unspecified atom stereocenters. The molecular weight excluding hydrogens is 434 g/mol. The summed E-state index contributed by atoms with van der Waals surface area (Å²) in [7, 11) is 0. The van der Waals surface area contributed by atoms with Crippen LogP contribution in [0.25, 0.3) is 16.0 Å². The summed E-state index contributed by atoms with van der Waals surface area (Å²) in [5.74, 6) is 1.84. The number of nitrogens with one attached hydrogen (secondary N) is 1. The van der Waals surface area contributed by atoms with Gasteiger partial charge < -0.3 is 5.32 Å². The lowest BCUT2D eigenvalue weighted by atomic mass is 10.0. The minimum Gasteiger partial charge on any atom is -0.360 e. The van der Waals surface area contributed by atoms with Crippen LogP contribution in [0.3, 0.4) is 0 Å². The number of nitrogens with zero attached hydrogens (tertiary/aromatic N) is 7. The van der Waals surface area contributed by atoms with Gasteiger partial charge in [-0.3, -0.25) is 0 Å². The molecule has 8 nitrogen and oxygen atoms in total. The lowest BCUT2D eigenvalue weighted by Gasteiger charge is -2.17. The molecule has 3 aromatic heterocycles. The number of rotatable bonds is 6. The Balaban J connectivity index is 1.55. The Morgan fingerprint density at radius 2 is 2.06 bits per heavy atom. The first kappa shape index (κ1) is 20.4. The zero-order valence-corrected chi connectivity index (χ0v) is 18.1. The summed E-state index contributed by atoms with van der Waals surface area (Å²) in [6.45, 7) is 3.65. The molecule has 1 aliphatic carbocycles. The van der Waals surface area contributed by atoms with Crippen molar-refractivity contribution in [2.75, 3.05) is 5.32 Å². The van der Waals surface area contributed by atoms with Crippen molar-refractivity contribution < 1.29 is 8.78 Å². The van der Waals surface area contributed by atoms with Crippen LogP contribution < -0.4 is 5.32 Å². The van der Waals surface area contributed by atoms with Crippen LogP contribution in [0.4, 0.5) is 14.6 Å². The Morgan fingerprint density at radius 3 is 2.75 bits per heavy atom. The van der Waals surface area contributed by atoms with Crippen molar-refractivity contribution in [2.45, 2.75) is 45.1 Å². The number of benzene rings is 1. The van der Waals surface area contributed by atoms with E-state index in [2.05, 4.69) is 36.4 Å². The Hall–Kier alpha value is -3.52. The molecule has 0 bridgehead atoms. The Kier molecular flexibility index (Phi) is 5.01. The molecule has 4 aromatic rings. The van der Waals surface area contributed by atoms with E-state index < -0.39 is 6.43 Å². The standard InChI is InChI=1S/C21H18F2N8S/c1-10(20-29-11(2)30-31(20)21-25-8-14(7-24)32-21)28-19-16-6-13(18(22)23)5-15(12-3-4-12)17(16)26-9-27-19/h5-6,8-10,12,18H,3-4H2,1-2H3,(H,26,27,28)/t10-/m0/s1. The van der Waals surface area contributed by atoms with Gasteiger partial charge in [0, 0.05) is 10.9 Å². The van der Waals surface area contributed by atoms with E-state index in [9.17, 15) is 8.78 Å². The molecule has 1 aliphatic rings. The quantitative estimate of drug-likeness (QED) is 0.446. The molecule has 32 heavy (non-hydrogen) atoms. The van der Waals surface area contributed by atoms with Crippen LogP contribution >= 0.6 is 11.3 Å². The first-order chi connectivity index (χ1) is 15.4. The molecule has 1 atom stereocenters. The zero-order valence-electron chi connectivity index (χ0n) is 17.3. The van der Waals surface area contributed by atoms with E-state index in [1.165, 1.54) is 29.9 Å². The van der Waals surface area contributed by atoms with Crippen LogP contribution in [0.2, 0.25) is 0 Å². The molecule has 1 N–H and O–H groups in total. The van der Waals surface area contributed by atoms with E-state index in [0.717, 1.165) is 18.4 Å². The Bertz CT molecular complexity index is 1350. The van der Waals surface area contributed by atoms with Crippen LogP contribution in [0, 0.1) is 18.3 Å². The van der Waals surface area contributed by atoms with Gasteiger partial charge in [0.2, 0.25) is 5.13 Å². The van der Waals surface area contributed by atoms with Gasteiger partial charge in [-0.05, 0) is 50.3 Å². The lowest BCUT2D eigenvalue weighted by molar-refractivity contribution is 0.151. The first-order valence-electron chi connectivity index (χ1n) is 10.1. The van der Waals surface area contributed by atoms with Gasteiger partial charge >= 0.3 is 0 Å². The minimum atomic E-state index is -2.58. The highest BCUT2D eigenvalue weighted by Gasteiger charge is 2.28. The molecule has 0 saturated heterocycles. The lowest BCUT2D eigenvalue weighted by Crippen LogP contribution is -2.15. The second-order valence-corrected chi connectivity index (χ2v) is 8.73. The van der Waals surface area contributed by atoms with Crippen LogP contribution in [-0.2, 0) is 0 Å². The summed E-state index contributed by atoms with van der Waals surface area (Å²) in [5, 5.41) is 17.9. The molecule has 0 aliphatic heterocycles. The van der Waals surface area contributed by atoms with Crippen LogP contribution in [0.5, 0.6) is 0 Å². The zero-order chi connectivity index (χ0) is 22.4. The molecule has 1 aromatic carbocycles. The number of fused-ring (bicyclic) bond motifs is 1. The van der Waals surface area contributed by atoms with E-state index in [0.29, 0.717) is 38.4 Å². The van der Waals surface area contributed by atoms with Crippen molar-refractivity contribution in [2.24, 2.45) is 0 Å². The van der Waals surface area contributed by atoms with E-state index in [1.807, 2.05) is 6.92 Å². The normalized spacial score (nSPS) is 14.6. The number of hydrogen-bond acceptors (Lipinski definition) is 8. The number of nitriles is 1. The fourth-order valence-electron chi connectivity index (χ4n) is 3.70. The van der Waals surface area contributed by atoms with Gasteiger partial charge in [0.1, 0.15) is 28.9 Å². The molecule has 11 heteroatoms. The number of aryl methyl sites for hydroxylation is 1. The highest BCUT2D eigenvalue weighted by molar-refractivity contribution is 7.14. The smallest absolute Gasteiger partial charge is 0.263 e. The Morgan fingerprint density at radius 1 is 1.25 bits per heavy atom. The SMILES string of the molecule is Cc1nc([C@H](C)Nc2ncnc3c(C4CC4)cc(C(F)F)cc23)n(-c2ncc(C#N)s2)n1. The maximum atomic E-state index is 13.6. The summed E-state index contributed by atoms with van der Waals surface area (Å²) in [5.41, 5.74) is 1.51. The molecule has 1 fully saturated rings. The molecule has 0 amide bonds. The largest absolute Gasteiger partial charge is 0.360 e. The third-order valence-electron chi connectivity index (χ3n) is 5.32.